The normalized spacial score (nSPS) is 10.6. The highest BCUT2D eigenvalue weighted by atomic mass is 79.9. The monoisotopic (exact) mass is 278 g/mol. The molecule has 0 aromatic heterocycles. The molecule has 0 spiro atoms. The Balaban J connectivity index is 3.56. The Hall–Kier alpha value is -0.300. The van der Waals surface area contributed by atoms with Gasteiger partial charge in [0.25, 0.3) is 0 Å². The summed E-state index contributed by atoms with van der Waals surface area (Å²) in [5, 5.41) is 0. The molecule has 1 rings (SSSR count). The van der Waals surface area contributed by atoms with Crippen LogP contribution in [-0.2, 0) is 0 Å². The lowest BCUT2D eigenvalue weighted by atomic mass is 10.3. The fourth-order valence-electron chi connectivity index (χ4n) is 0.652. The molecule has 0 saturated heterocycles. The first-order chi connectivity index (χ1) is 6.00. The van der Waals surface area contributed by atoms with Crippen molar-refractivity contribution in [2.75, 3.05) is 0 Å². The molecule has 0 heterocycles. The lowest BCUT2D eigenvalue weighted by molar-refractivity contribution is 0.361. The van der Waals surface area contributed by atoms with E-state index in [4.69, 9.17) is 0 Å². The largest absolute Gasteiger partial charge is 0.202 e. The second-order valence-electron chi connectivity index (χ2n) is 1.98. The fourth-order valence-corrected chi connectivity index (χ4v) is 1.82. The second-order valence-corrected chi connectivity index (χ2v) is 3.51. The molecule has 0 aliphatic rings. The molecule has 1 aromatic rings. The van der Waals surface area contributed by atoms with Gasteiger partial charge in [0.1, 0.15) is 0 Å². The van der Waals surface area contributed by atoms with E-state index in [-0.39, 0.29) is 10.2 Å². The van der Waals surface area contributed by atoms with Gasteiger partial charge in [0, 0.05) is 0 Å². The zero-order valence-corrected chi connectivity index (χ0v) is 8.08. The van der Waals surface area contributed by atoms with E-state index in [0.29, 0.717) is 0 Å². The van der Waals surface area contributed by atoms with Crippen molar-refractivity contribution in [1.82, 2.24) is 0 Å². The summed E-state index contributed by atoms with van der Waals surface area (Å²) in [4.78, 5) is -0.948. The molecular formula is C6BrF5S. The van der Waals surface area contributed by atoms with Crippen LogP contribution in [0.4, 0.5) is 22.0 Å². The van der Waals surface area contributed by atoms with E-state index in [1.807, 2.05) is 0 Å². The SMILES string of the molecule is Fc1c(F)c(F)c(SBr)c(F)c1F. The van der Waals surface area contributed by atoms with Gasteiger partial charge in [0.2, 0.25) is 5.82 Å². The van der Waals surface area contributed by atoms with E-state index < -0.39 is 34.0 Å². The van der Waals surface area contributed by atoms with E-state index in [9.17, 15) is 22.0 Å². The molecule has 0 N–H and O–H groups in total. The Labute approximate surface area is 81.3 Å². The molecule has 13 heavy (non-hydrogen) atoms. The summed E-state index contributed by atoms with van der Waals surface area (Å²) >= 11 is 2.53. The van der Waals surface area contributed by atoms with E-state index in [0.717, 1.165) is 0 Å². The summed E-state index contributed by atoms with van der Waals surface area (Å²) in [6.07, 6.45) is 0. The van der Waals surface area contributed by atoms with E-state index in [1.165, 1.54) is 0 Å². The zero-order valence-electron chi connectivity index (χ0n) is 5.68. The number of rotatable bonds is 1. The molecule has 72 valence electrons. The Bertz CT molecular complexity index is 324. The molecule has 0 saturated carbocycles. The standard InChI is InChI=1S/C6BrF5S/c7-13-6-4(11)2(9)1(8)3(10)5(6)12. The van der Waals surface area contributed by atoms with Gasteiger partial charge < -0.3 is 0 Å². The van der Waals surface area contributed by atoms with Crippen molar-refractivity contribution in [3.63, 3.8) is 0 Å². The van der Waals surface area contributed by atoms with Crippen molar-refractivity contribution in [3.8, 4) is 0 Å². The van der Waals surface area contributed by atoms with E-state index >= 15 is 0 Å². The third-order valence-corrected chi connectivity index (χ3v) is 2.73. The molecule has 0 atom stereocenters. The Morgan fingerprint density at radius 1 is 0.692 bits per heavy atom. The first kappa shape index (κ1) is 10.8. The van der Waals surface area contributed by atoms with Crippen molar-refractivity contribution in [2.45, 2.75) is 4.90 Å². The topological polar surface area (TPSA) is 0 Å². The third-order valence-electron chi connectivity index (χ3n) is 1.25. The van der Waals surface area contributed by atoms with Crippen molar-refractivity contribution in [3.05, 3.63) is 29.1 Å². The first-order valence-corrected chi connectivity index (χ1v) is 5.46. The maximum Gasteiger partial charge on any atom is 0.200 e. The third kappa shape index (κ3) is 1.67. The lowest BCUT2D eigenvalue weighted by Crippen LogP contribution is -2.02. The maximum absolute atomic E-state index is 12.6. The van der Waals surface area contributed by atoms with Crippen molar-refractivity contribution in [2.24, 2.45) is 0 Å². The van der Waals surface area contributed by atoms with Crippen LogP contribution in [0.25, 0.3) is 0 Å². The number of hydrogen-bond donors (Lipinski definition) is 0. The van der Waals surface area contributed by atoms with Gasteiger partial charge in [-0.3, -0.25) is 0 Å². The van der Waals surface area contributed by atoms with Gasteiger partial charge >= 0.3 is 0 Å². The van der Waals surface area contributed by atoms with Crippen LogP contribution in [-0.4, -0.2) is 0 Å². The van der Waals surface area contributed by atoms with Crippen molar-refractivity contribution >= 4 is 25.0 Å². The van der Waals surface area contributed by atoms with Crippen LogP contribution >= 0.6 is 25.0 Å². The molecule has 0 bridgehead atoms. The summed E-state index contributed by atoms with van der Waals surface area (Å²) in [7, 11) is 0.275. The molecular weight excluding hydrogens is 279 g/mol. The Morgan fingerprint density at radius 3 is 1.31 bits per heavy atom. The van der Waals surface area contributed by atoms with Crippen LogP contribution < -0.4 is 0 Å². The highest BCUT2D eigenvalue weighted by Crippen LogP contribution is 2.33. The average Bonchev–Trinajstić information content (AvgIpc) is 2.13. The van der Waals surface area contributed by atoms with Crippen LogP contribution in [0.2, 0.25) is 0 Å². The van der Waals surface area contributed by atoms with Crippen LogP contribution in [0, 0.1) is 29.1 Å². The first-order valence-electron chi connectivity index (χ1n) is 2.80. The van der Waals surface area contributed by atoms with Gasteiger partial charge in [-0.25, -0.2) is 22.0 Å². The van der Waals surface area contributed by atoms with E-state index in [2.05, 4.69) is 14.8 Å². The Morgan fingerprint density at radius 2 is 1.00 bits per heavy atom. The quantitative estimate of drug-likeness (QED) is 0.428. The van der Waals surface area contributed by atoms with Gasteiger partial charge in [-0.2, -0.15) is 0 Å². The van der Waals surface area contributed by atoms with Crippen LogP contribution in [0.1, 0.15) is 0 Å². The molecule has 0 aliphatic carbocycles. The zero-order chi connectivity index (χ0) is 10.2. The molecule has 7 heteroatoms. The number of hydrogen-bond acceptors (Lipinski definition) is 1. The molecule has 0 radical (unpaired) electrons. The molecule has 0 unspecified atom stereocenters. The van der Waals surface area contributed by atoms with Gasteiger partial charge in [0.05, 0.1) is 4.90 Å². The van der Waals surface area contributed by atoms with Crippen LogP contribution in [0.3, 0.4) is 0 Å². The summed E-state index contributed by atoms with van der Waals surface area (Å²) in [6, 6.07) is 0. The lowest BCUT2D eigenvalue weighted by Gasteiger charge is -2.03. The predicted octanol–water partition coefficient (Wildman–Crippen LogP) is 3.78. The average molecular weight is 279 g/mol. The molecule has 0 amide bonds. The maximum atomic E-state index is 12.6. The van der Waals surface area contributed by atoms with Crippen LogP contribution in [0.15, 0.2) is 4.90 Å². The highest BCUT2D eigenvalue weighted by Gasteiger charge is 2.25. The van der Waals surface area contributed by atoms with Gasteiger partial charge in [0.15, 0.2) is 23.3 Å². The van der Waals surface area contributed by atoms with Gasteiger partial charge in [-0.15, -0.1) is 0 Å². The van der Waals surface area contributed by atoms with Crippen molar-refractivity contribution < 1.29 is 22.0 Å². The molecule has 0 aliphatic heterocycles. The van der Waals surface area contributed by atoms with Gasteiger partial charge in [-0.1, -0.05) is 0 Å². The molecule has 0 fully saturated rings. The summed E-state index contributed by atoms with van der Waals surface area (Å²) < 4.78 is 62.4. The minimum absolute atomic E-state index is 0.275. The molecule has 1 aromatic carbocycles. The summed E-state index contributed by atoms with van der Waals surface area (Å²) in [6.45, 7) is 0. The summed E-state index contributed by atoms with van der Waals surface area (Å²) in [5.41, 5.74) is 0. The number of benzene rings is 1. The van der Waals surface area contributed by atoms with E-state index in [1.54, 1.807) is 0 Å². The van der Waals surface area contributed by atoms with Crippen LogP contribution in [0.5, 0.6) is 0 Å². The smallest absolute Gasteiger partial charge is 0.200 e. The fraction of sp³-hybridized carbons (Fsp3) is 0. The highest BCUT2D eigenvalue weighted by molar-refractivity contribution is 9.50. The minimum Gasteiger partial charge on any atom is -0.202 e. The predicted molar refractivity (Wildman–Crippen MR) is 41.0 cm³/mol. The summed E-state index contributed by atoms with van der Waals surface area (Å²) in [5.74, 6) is -9.71. The minimum atomic E-state index is -2.15. The van der Waals surface area contributed by atoms with Gasteiger partial charge in [-0.05, 0) is 25.0 Å². The Kier molecular flexibility index (Phi) is 3.18. The number of halogens is 6. The van der Waals surface area contributed by atoms with Crippen molar-refractivity contribution in [1.29, 1.82) is 0 Å². The second kappa shape index (κ2) is 3.83. The molecule has 0 nitrogen and oxygen atoms in total.